The van der Waals surface area contributed by atoms with Crippen LogP contribution < -0.4 is 11.1 Å². The minimum Gasteiger partial charge on any atom is -0.409 e. The van der Waals surface area contributed by atoms with Crippen LogP contribution in [-0.4, -0.2) is 30.8 Å². The molecule has 0 amide bonds. The fraction of sp³-hybridized carbons (Fsp3) is 0.462. The van der Waals surface area contributed by atoms with Crippen LogP contribution in [0.3, 0.4) is 0 Å². The number of hydrogen-bond donors (Lipinski definition) is 3. The second-order valence-electron chi connectivity index (χ2n) is 4.55. The first-order valence-electron chi connectivity index (χ1n) is 6.15. The highest BCUT2D eigenvalue weighted by molar-refractivity contribution is 5.97. The molecule has 1 saturated heterocycles. The van der Waals surface area contributed by atoms with Crippen molar-refractivity contribution < 1.29 is 9.94 Å². The average molecular weight is 249 g/mol. The van der Waals surface area contributed by atoms with Gasteiger partial charge in [-0.1, -0.05) is 23.4 Å². The van der Waals surface area contributed by atoms with Crippen molar-refractivity contribution in [3.05, 3.63) is 35.4 Å². The van der Waals surface area contributed by atoms with Gasteiger partial charge in [0.15, 0.2) is 5.84 Å². The van der Waals surface area contributed by atoms with Crippen molar-refractivity contribution in [1.29, 1.82) is 0 Å². The minimum atomic E-state index is 0.140. The zero-order valence-corrected chi connectivity index (χ0v) is 10.3. The molecule has 0 saturated carbocycles. The number of benzene rings is 1. The van der Waals surface area contributed by atoms with Gasteiger partial charge in [0.25, 0.3) is 0 Å². The molecule has 1 aromatic carbocycles. The molecule has 0 aromatic heterocycles. The van der Waals surface area contributed by atoms with Crippen LogP contribution in [0, 0.1) is 5.92 Å². The van der Waals surface area contributed by atoms with Crippen LogP contribution in [0.1, 0.15) is 17.5 Å². The summed E-state index contributed by atoms with van der Waals surface area (Å²) in [5.74, 6) is 0.762. The molecule has 1 aliphatic heterocycles. The maximum absolute atomic E-state index is 8.63. The topological polar surface area (TPSA) is 79.9 Å². The highest BCUT2D eigenvalue weighted by Gasteiger charge is 2.14. The minimum absolute atomic E-state index is 0.140. The highest BCUT2D eigenvalue weighted by Crippen LogP contribution is 2.11. The molecule has 1 aliphatic rings. The van der Waals surface area contributed by atoms with E-state index in [1.807, 2.05) is 24.3 Å². The summed E-state index contributed by atoms with van der Waals surface area (Å²) < 4.78 is 5.32. The molecule has 1 fully saturated rings. The first kappa shape index (κ1) is 12.9. The lowest BCUT2D eigenvalue weighted by atomic mass is 10.1. The molecule has 18 heavy (non-hydrogen) atoms. The number of ether oxygens (including phenoxy) is 1. The molecule has 0 radical (unpaired) electrons. The second kappa shape index (κ2) is 6.37. The lowest BCUT2D eigenvalue weighted by Crippen LogP contribution is -2.23. The van der Waals surface area contributed by atoms with Crippen molar-refractivity contribution in [2.24, 2.45) is 16.8 Å². The molecule has 5 nitrogen and oxygen atoms in total. The lowest BCUT2D eigenvalue weighted by molar-refractivity contribution is 0.185. The standard InChI is InChI=1S/C13H19N3O2/c14-13(16-17)12-3-1-2-10(6-12)7-15-8-11-4-5-18-9-11/h1-3,6,11,15,17H,4-5,7-9H2,(H2,14,16). The molecule has 98 valence electrons. The number of hydrogen-bond acceptors (Lipinski definition) is 4. The van der Waals surface area contributed by atoms with Crippen LogP contribution in [0.2, 0.25) is 0 Å². The van der Waals surface area contributed by atoms with Crippen molar-refractivity contribution >= 4 is 5.84 Å². The van der Waals surface area contributed by atoms with Gasteiger partial charge in [-0.25, -0.2) is 0 Å². The molecule has 5 heteroatoms. The van der Waals surface area contributed by atoms with Gasteiger partial charge in [-0.15, -0.1) is 0 Å². The van der Waals surface area contributed by atoms with Gasteiger partial charge >= 0.3 is 0 Å². The van der Waals surface area contributed by atoms with Crippen LogP contribution in [0.15, 0.2) is 29.4 Å². The van der Waals surface area contributed by atoms with Gasteiger partial charge in [0.2, 0.25) is 0 Å². The van der Waals surface area contributed by atoms with Gasteiger partial charge in [0.1, 0.15) is 0 Å². The van der Waals surface area contributed by atoms with Crippen molar-refractivity contribution in [3.63, 3.8) is 0 Å². The summed E-state index contributed by atoms with van der Waals surface area (Å²) in [7, 11) is 0. The fourth-order valence-corrected chi connectivity index (χ4v) is 2.06. The Morgan fingerprint density at radius 2 is 2.44 bits per heavy atom. The average Bonchev–Trinajstić information content (AvgIpc) is 2.91. The zero-order valence-electron chi connectivity index (χ0n) is 10.3. The third-order valence-corrected chi connectivity index (χ3v) is 3.12. The van der Waals surface area contributed by atoms with E-state index in [1.54, 1.807) is 0 Å². The molecule has 1 aromatic rings. The van der Waals surface area contributed by atoms with Crippen molar-refractivity contribution in [2.45, 2.75) is 13.0 Å². The quantitative estimate of drug-likeness (QED) is 0.313. The summed E-state index contributed by atoms with van der Waals surface area (Å²) in [6.45, 7) is 3.49. The number of nitrogens with zero attached hydrogens (tertiary/aromatic N) is 1. The molecular formula is C13H19N3O2. The smallest absolute Gasteiger partial charge is 0.170 e. The predicted molar refractivity (Wildman–Crippen MR) is 69.6 cm³/mol. The Labute approximate surface area is 107 Å². The van der Waals surface area contributed by atoms with E-state index in [2.05, 4.69) is 10.5 Å². The Bertz CT molecular complexity index is 414. The first-order valence-corrected chi connectivity index (χ1v) is 6.15. The van der Waals surface area contributed by atoms with E-state index in [0.29, 0.717) is 5.92 Å². The Kier molecular flexibility index (Phi) is 4.55. The molecule has 1 unspecified atom stereocenters. The number of nitrogens with two attached hydrogens (primary N) is 1. The Hall–Kier alpha value is -1.59. The summed E-state index contributed by atoms with van der Waals surface area (Å²) in [4.78, 5) is 0. The number of nitrogens with one attached hydrogen (secondary N) is 1. The number of amidine groups is 1. The van der Waals surface area contributed by atoms with E-state index in [4.69, 9.17) is 15.7 Å². The normalized spacial score (nSPS) is 20.2. The number of rotatable bonds is 5. The van der Waals surface area contributed by atoms with Crippen molar-refractivity contribution in [3.8, 4) is 0 Å². The summed E-state index contributed by atoms with van der Waals surface area (Å²) in [5, 5.41) is 15.0. The maximum atomic E-state index is 8.63. The van der Waals surface area contributed by atoms with Gasteiger partial charge in [0, 0.05) is 25.3 Å². The van der Waals surface area contributed by atoms with E-state index in [9.17, 15) is 0 Å². The van der Waals surface area contributed by atoms with Crippen LogP contribution in [-0.2, 0) is 11.3 Å². The highest BCUT2D eigenvalue weighted by atomic mass is 16.5. The van der Waals surface area contributed by atoms with Crippen molar-refractivity contribution in [2.75, 3.05) is 19.8 Å². The lowest BCUT2D eigenvalue weighted by Gasteiger charge is -2.10. The third-order valence-electron chi connectivity index (χ3n) is 3.12. The van der Waals surface area contributed by atoms with Gasteiger partial charge in [-0.05, 0) is 24.0 Å². The molecule has 1 heterocycles. The summed E-state index contributed by atoms with van der Waals surface area (Å²) >= 11 is 0. The Balaban J connectivity index is 1.85. The largest absolute Gasteiger partial charge is 0.409 e. The van der Waals surface area contributed by atoms with E-state index >= 15 is 0 Å². The van der Waals surface area contributed by atoms with Crippen LogP contribution in [0.5, 0.6) is 0 Å². The van der Waals surface area contributed by atoms with Gasteiger partial charge < -0.3 is 21.0 Å². The summed E-state index contributed by atoms with van der Waals surface area (Å²) in [6, 6.07) is 7.67. The summed E-state index contributed by atoms with van der Waals surface area (Å²) in [6.07, 6.45) is 1.14. The number of oxime groups is 1. The van der Waals surface area contributed by atoms with E-state index in [0.717, 1.165) is 43.9 Å². The van der Waals surface area contributed by atoms with E-state index in [-0.39, 0.29) is 5.84 Å². The fourth-order valence-electron chi connectivity index (χ4n) is 2.06. The maximum Gasteiger partial charge on any atom is 0.170 e. The monoisotopic (exact) mass is 249 g/mol. The van der Waals surface area contributed by atoms with E-state index < -0.39 is 0 Å². The second-order valence-corrected chi connectivity index (χ2v) is 4.55. The molecule has 4 N–H and O–H groups in total. The van der Waals surface area contributed by atoms with Crippen LogP contribution >= 0.6 is 0 Å². The van der Waals surface area contributed by atoms with Crippen LogP contribution in [0.25, 0.3) is 0 Å². The molecule has 0 bridgehead atoms. The van der Waals surface area contributed by atoms with Gasteiger partial charge in [0.05, 0.1) is 6.61 Å². The first-order chi connectivity index (χ1) is 8.79. The third kappa shape index (κ3) is 3.45. The van der Waals surface area contributed by atoms with Crippen LogP contribution in [0.4, 0.5) is 0 Å². The van der Waals surface area contributed by atoms with Gasteiger partial charge in [-0.3, -0.25) is 0 Å². The van der Waals surface area contributed by atoms with Gasteiger partial charge in [-0.2, -0.15) is 0 Å². The molecule has 0 aliphatic carbocycles. The Morgan fingerprint density at radius 1 is 1.56 bits per heavy atom. The summed E-state index contributed by atoms with van der Waals surface area (Å²) in [5.41, 5.74) is 7.41. The molecule has 1 atom stereocenters. The van der Waals surface area contributed by atoms with Crippen molar-refractivity contribution in [1.82, 2.24) is 5.32 Å². The zero-order chi connectivity index (χ0) is 12.8. The Morgan fingerprint density at radius 3 is 3.17 bits per heavy atom. The SMILES string of the molecule is NC(=NO)c1cccc(CNCC2CCOC2)c1. The molecule has 0 spiro atoms. The predicted octanol–water partition coefficient (Wildman–Crippen LogP) is 0.907. The molecule has 2 rings (SSSR count). The van der Waals surface area contributed by atoms with E-state index in [1.165, 1.54) is 0 Å². The molecular weight excluding hydrogens is 230 g/mol.